The van der Waals surface area contributed by atoms with E-state index in [1.54, 1.807) is 0 Å². The Morgan fingerprint density at radius 2 is 2.13 bits per heavy atom. The zero-order valence-electron chi connectivity index (χ0n) is 9.32. The molecule has 1 rings (SSSR count). The molecule has 0 amide bonds. The molecular weight excluding hydrogens is 194 g/mol. The summed E-state index contributed by atoms with van der Waals surface area (Å²) >= 11 is 0. The van der Waals surface area contributed by atoms with Crippen molar-refractivity contribution in [1.82, 2.24) is 15.4 Å². The standard InChI is InChI=1S/C10H17N3O2/c1-4-5-7(6(2)3)8-9(10(14)15)12-13-11-8/h6-7H,4-5H2,1-3H3,(H,14,15)(H,11,12,13). The molecule has 5 nitrogen and oxygen atoms in total. The number of carboxylic acid groups (broad SMARTS) is 1. The minimum Gasteiger partial charge on any atom is -0.476 e. The second-order valence-electron chi connectivity index (χ2n) is 4.00. The average molecular weight is 211 g/mol. The Morgan fingerprint density at radius 3 is 2.60 bits per heavy atom. The van der Waals surface area contributed by atoms with E-state index in [0.717, 1.165) is 12.8 Å². The number of H-pyrrole nitrogens is 1. The molecule has 84 valence electrons. The van der Waals surface area contributed by atoms with Crippen molar-refractivity contribution in [2.24, 2.45) is 5.92 Å². The summed E-state index contributed by atoms with van der Waals surface area (Å²) in [4.78, 5) is 10.9. The minimum absolute atomic E-state index is 0.0575. The maximum atomic E-state index is 10.9. The van der Waals surface area contributed by atoms with Gasteiger partial charge in [-0.25, -0.2) is 4.79 Å². The maximum Gasteiger partial charge on any atom is 0.358 e. The molecule has 0 aliphatic carbocycles. The fourth-order valence-corrected chi connectivity index (χ4v) is 1.75. The molecule has 1 aromatic rings. The van der Waals surface area contributed by atoms with Crippen LogP contribution in [0.2, 0.25) is 0 Å². The minimum atomic E-state index is -1.01. The van der Waals surface area contributed by atoms with Crippen LogP contribution in [-0.4, -0.2) is 26.5 Å². The van der Waals surface area contributed by atoms with Gasteiger partial charge in [-0.3, -0.25) is 0 Å². The van der Waals surface area contributed by atoms with Crippen molar-refractivity contribution in [3.63, 3.8) is 0 Å². The Bertz CT molecular complexity index is 333. The molecule has 0 bridgehead atoms. The van der Waals surface area contributed by atoms with E-state index in [0.29, 0.717) is 11.6 Å². The number of hydrogen-bond donors (Lipinski definition) is 2. The van der Waals surface area contributed by atoms with E-state index in [-0.39, 0.29) is 11.6 Å². The number of aromatic nitrogens is 3. The van der Waals surface area contributed by atoms with Crippen LogP contribution in [0.25, 0.3) is 0 Å². The molecule has 15 heavy (non-hydrogen) atoms. The lowest BCUT2D eigenvalue weighted by atomic mass is 9.87. The second kappa shape index (κ2) is 4.91. The molecule has 0 aliphatic heterocycles. The predicted molar refractivity (Wildman–Crippen MR) is 55.8 cm³/mol. The van der Waals surface area contributed by atoms with E-state index in [1.165, 1.54) is 0 Å². The van der Waals surface area contributed by atoms with Crippen LogP contribution in [0.4, 0.5) is 0 Å². The zero-order chi connectivity index (χ0) is 11.4. The molecule has 0 aliphatic rings. The van der Waals surface area contributed by atoms with Gasteiger partial charge in [0, 0.05) is 5.92 Å². The highest BCUT2D eigenvalue weighted by Crippen LogP contribution is 2.28. The SMILES string of the molecule is CCCC(c1n[nH]nc1C(=O)O)C(C)C. The van der Waals surface area contributed by atoms with E-state index in [2.05, 4.69) is 36.2 Å². The van der Waals surface area contributed by atoms with Gasteiger partial charge in [-0.05, 0) is 12.3 Å². The molecule has 0 aromatic carbocycles. The van der Waals surface area contributed by atoms with Gasteiger partial charge >= 0.3 is 5.97 Å². The Morgan fingerprint density at radius 1 is 1.47 bits per heavy atom. The van der Waals surface area contributed by atoms with Crippen LogP contribution in [0.15, 0.2) is 0 Å². The Kier molecular flexibility index (Phi) is 3.82. The van der Waals surface area contributed by atoms with Crippen molar-refractivity contribution in [1.29, 1.82) is 0 Å². The van der Waals surface area contributed by atoms with Gasteiger partial charge in [-0.15, -0.1) is 5.10 Å². The van der Waals surface area contributed by atoms with Crippen LogP contribution in [0.3, 0.4) is 0 Å². The third kappa shape index (κ3) is 2.55. The Labute approximate surface area is 88.9 Å². The smallest absolute Gasteiger partial charge is 0.358 e. The molecule has 0 spiro atoms. The van der Waals surface area contributed by atoms with Crippen LogP contribution >= 0.6 is 0 Å². The summed E-state index contributed by atoms with van der Waals surface area (Å²) < 4.78 is 0. The lowest BCUT2D eigenvalue weighted by Gasteiger charge is -2.17. The van der Waals surface area contributed by atoms with Crippen molar-refractivity contribution in [3.05, 3.63) is 11.4 Å². The highest BCUT2D eigenvalue weighted by molar-refractivity contribution is 5.86. The van der Waals surface area contributed by atoms with E-state index in [1.807, 2.05) is 0 Å². The summed E-state index contributed by atoms with van der Waals surface area (Å²) in [6, 6.07) is 0. The van der Waals surface area contributed by atoms with Crippen molar-refractivity contribution in [2.75, 3.05) is 0 Å². The molecule has 2 N–H and O–H groups in total. The fourth-order valence-electron chi connectivity index (χ4n) is 1.75. The molecule has 1 unspecified atom stereocenters. The first-order chi connectivity index (χ1) is 7.07. The Balaban J connectivity index is 3.00. The molecular formula is C10H17N3O2. The normalized spacial score (nSPS) is 13.1. The molecule has 0 saturated carbocycles. The molecule has 1 aromatic heterocycles. The van der Waals surface area contributed by atoms with Crippen LogP contribution in [0, 0.1) is 5.92 Å². The molecule has 1 heterocycles. The molecule has 1 atom stereocenters. The summed E-state index contributed by atoms with van der Waals surface area (Å²) in [5, 5.41) is 18.9. The third-order valence-electron chi connectivity index (χ3n) is 2.53. The highest BCUT2D eigenvalue weighted by Gasteiger charge is 2.25. The molecule has 0 radical (unpaired) electrons. The van der Waals surface area contributed by atoms with Gasteiger partial charge in [-0.1, -0.05) is 27.2 Å². The number of aromatic amines is 1. The first-order valence-electron chi connectivity index (χ1n) is 5.21. The second-order valence-corrected chi connectivity index (χ2v) is 4.00. The van der Waals surface area contributed by atoms with Crippen LogP contribution in [0.5, 0.6) is 0 Å². The summed E-state index contributed by atoms with van der Waals surface area (Å²) in [6.07, 6.45) is 1.94. The monoisotopic (exact) mass is 211 g/mol. The molecule has 0 saturated heterocycles. The van der Waals surface area contributed by atoms with Crippen molar-refractivity contribution < 1.29 is 9.90 Å². The van der Waals surface area contributed by atoms with Gasteiger partial charge in [0.2, 0.25) is 0 Å². The van der Waals surface area contributed by atoms with Gasteiger partial charge < -0.3 is 5.11 Å². The van der Waals surface area contributed by atoms with Crippen LogP contribution in [0.1, 0.15) is 55.7 Å². The van der Waals surface area contributed by atoms with Gasteiger partial charge in [0.15, 0.2) is 5.69 Å². The highest BCUT2D eigenvalue weighted by atomic mass is 16.4. The van der Waals surface area contributed by atoms with Gasteiger partial charge in [-0.2, -0.15) is 10.3 Å². The quantitative estimate of drug-likeness (QED) is 0.781. The number of hydrogen-bond acceptors (Lipinski definition) is 3. The van der Waals surface area contributed by atoms with E-state index in [9.17, 15) is 4.79 Å². The van der Waals surface area contributed by atoms with E-state index in [4.69, 9.17) is 5.11 Å². The number of nitrogens with zero attached hydrogens (tertiary/aromatic N) is 2. The number of rotatable bonds is 5. The number of carboxylic acids is 1. The van der Waals surface area contributed by atoms with Crippen LogP contribution in [-0.2, 0) is 0 Å². The molecule has 0 fully saturated rings. The first-order valence-corrected chi connectivity index (χ1v) is 5.21. The number of aromatic carboxylic acids is 1. The summed E-state index contributed by atoms with van der Waals surface area (Å²) in [5.41, 5.74) is 0.640. The van der Waals surface area contributed by atoms with E-state index < -0.39 is 5.97 Å². The lowest BCUT2D eigenvalue weighted by molar-refractivity contribution is 0.0688. The molecule has 5 heteroatoms. The zero-order valence-corrected chi connectivity index (χ0v) is 9.32. The third-order valence-corrected chi connectivity index (χ3v) is 2.53. The first kappa shape index (κ1) is 11.7. The number of carbonyl (C=O) groups is 1. The van der Waals surface area contributed by atoms with Crippen molar-refractivity contribution >= 4 is 5.97 Å². The summed E-state index contributed by atoms with van der Waals surface area (Å²) in [7, 11) is 0. The fraction of sp³-hybridized carbons (Fsp3) is 0.700. The largest absolute Gasteiger partial charge is 0.476 e. The van der Waals surface area contributed by atoms with Crippen molar-refractivity contribution in [2.45, 2.75) is 39.5 Å². The maximum absolute atomic E-state index is 10.9. The van der Waals surface area contributed by atoms with Gasteiger partial charge in [0.1, 0.15) is 5.69 Å². The topological polar surface area (TPSA) is 78.9 Å². The van der Waals surface area contributed by atoms with Crippen molar-refractivity contribution in [3.8, 4) is 0 Å². The average Bonchev–Trinajstić information content (AvgIpc) is 2.61. The van der Waals surface area contributed by atoms with Crippen LogP contribution < -0.4 is 0 Å². The summed E-state index contributed by atoms with van der Waals surface area (Å²) in [5.74, 6) is -0.478. The van der Waals surface area contributed by atoms with Gasteiger partial charge in [0.25, 0.3) is 0 Å². The Hall–Kier alpha value is -1.39. The van der Waals surface area contributed by atoms with E-state index >= 15 is 0 Å². The predicted octanol–water partition coefficient (Wildman–Crippen LogP) is 2.04. The summed E-state index contributed by atoms with van der Waals surface area (Å²) in [6.45, 7) is 6.22. The lowest BCUT2D eigenvalue weighted by Crippen LogP contribution is -2.12. The van der Waals surface area contributed by atoms with Gasteiger partial charge in [0.05, 0.1) is 0 Å². The number of nitrogens with one attached hydrogen (secondary N) is 1.